The van der Waals surface area contributed by atoms with Gasteiger partial charge < -0.3 is 9.26 Å². The zero-order valence-electron chi connectivity index (χ0n) is 8.14. The summed E-state index contributed by atoms with van der Waals surface area (Å²) < 4.78 is 9.65. The number of ether oxygens (including phenoxy) is 1. The van der Waals surface area contributed by atoms with E-state index >= 15 is 0 Å². The number of aromatic nitrogens is 1. The normalized spacial score (nSPS) is 9.93. The predicted octanol–water partition coefficient (Wildman–Crippen LogP) is 2.20. The van der Waals surface area contributed by atoms with Crippen LogP contribution in [0.5, 0.6) is 5.75 Å². The van der Waals surface area contributed by atoms with Crippen molar-refractivity contribution in [1.29, 1.82) is 0 Å². The first-order valence-corrected chi connectivity index (χ1v) is 4.44. The lowest BCUT2D eigenvalue weighted by molar-refractivity contribution is 0.0734. The summed E-state index contributed by atoms with van der Waals surface area (Å²) in [4.78, 5) is 11.5. The molecule has 0 aliphatic carbocycles. The van der Waals surface area contributed by atoms with Gasteiger partial charge in [0.1, 0.15) is 17.6 Å². The summed E-state index contributed by atoms with van der Waals surface area (Å²) >= 11 is 0. The molecule has 0 amide bonds. The van der Waals surface area contributed by atoms with Gasteiger partial charge >= 0.3 is 5.97 Å². The van der Waals surface area contributed by atoms with Crippen LogP contribution in [-0.4, -0.2) is 11.1 Å². The zero-order chi connectivity index (χ0) is 10.7. The molecule has 4 heteroatoms. The van der Waals surface area contributed by atoms with Gasteiger partial charge in [-0.3, -0.25) is 0 Å². The summed E-state index contributed by atoms with van der Waals surface area (Å²) in [6.45, 7) is 1.93. The Morgan fingerprint density at radius 1 is 1.47 bits per heavy atom. The van der Waals surface area contributed by atoms with Gasteiger partial charge in [0.15, 0.2) is 0 Å². The molecule has 0 bridgehead atoms. The van der Waals surface area contributed by atoms with Crippen LogP contribution in [0.1, 0.15) is 15.9 Å². The average molecular weight is 203 g/mol. The van der Waals surface area contributed by atoms with Crippen LogP contribution in [0.25, 0.3) is 0 Å². The molecule has 0 N–H and O–H groups in total. The first-order chi connectivity index (χ1) is 7.25. The Bertz CT molecular complexity index is 462. The van der Waals surface area contributed by atoms with Crippen LogP contribution in [0, 0.1) is 6.92 Å². The molecule has 1 aromatic carbocycles. The molecule has 4 nitrogen and oxygen atoms in total. The number of benzene rings is 1. The Morgan fingerprint density at radius 2 is 2.33 bits per heavy atom. The minimum absolute atomic E-state index is 0.302. The lowest BCUT2D eigenvalue weighted by Crippen LogP contribution is -2.07. The predicted molar refractivity (Wildman–Crippen MR) is 52.6 cm³/mol. The third-order valence-corrected chi connectivity index (χ3v) is 1.87. The SMILES string of the molecule is Cc1cccc(OC(=O)c2cnoc2)c1. The Morgan fingerprint density at radius 3 is 3.00 bits per heavy atom. The molecular formula is C11H9NO3. The Labute approximate surface area is 86.5 Å². The highest BCUT2D eigenvalue weighted by Crippen LogP contribution is 2.14. The zero-order valence-corrected chi connectivity index (χ0v) is 8.14. The summed E-state index contributed by atoms with van der Waals surface area (Å²) in [5.74, 6) is 0.0445. The molecule has 2 rings (SSSR count). The van der Waals surface area contributed by atoms with E-state index in [1.807, 2.05) is 19.1 Å². The Balaban J connectivity index is 2.13. The number of aryl methyl sites for hydroxylation is 1. The van der Waals surface area contributed by atoms with E-state index in [-0.39, 0.29) is 0 Å². The first-order valence-electron chi connectivity index (χ1n) is 4.44. The molecular weight excluding hydrogens is 194 g/mol. The molecule has 0 aliphatic rings. The highest BCUT2D eigenvalue weighted by atomic mass is 16.5. The van der Waals surface area contributed by atoms with Crippen molar-refractivity contribution in [1.82, 2.24) is 5.16 Å². The van der Waals surface area contributed by atoms with Gasteiger partial charge in [-0.1, -0.05) is 17.3 Å². The first kappa shape index (κ1) is 9.45. The summed E-state index contributed by atoms with van der Waals surface area (Å²) in [7, 11) is 0. The molecule has 0 atom stereocenters. The van der Waals surface area contributed by atoms with Crippen molar-refractivity contribution in [3.63, 3.8) is 0 Å². The maximum atomic E-state index is 11.5. The van der Waals surface area contributed by atoms with Gasteiger partial charge in [-0.15, -0.1) is 0 Å². The highest BCUT2D eigenvalue weighted by Gasteiger charge is 2.10. The molecule has 1 heterocycles. The largest absolute Gasteiger partial charge is 0.423 e. The van der Waals surface area contributed by atoms with Crippen LogP contribution < -0.4 is 4.74 Å². The molecule has 15 heavy (non-hydrogen) atoms. The van der Waals surface area contributed by atoms with Crippen molar-refractivity contribution < 1.29 is 14.1 Å². The van der Waals surface area contributed by atoms with Gasteiger partial charge in [0, 0.05) is 0 Å². The van der Waals surface area contributed by atoms with Crippen molar-refractivity contribution in [2.45, 2.75) is 6.92 Å². The molecule has 0 unspecified atom stereocenters. The summed E-state index contributed by atoms with van der Waals surface area (Å²) in [5, 5.41) is 3.43. The van der Waals surface area contributed by atoms with E-state index in [0.29, 0.717) is 11.3 Å². The van der Waals surface area contributed by atoms with E-state index in [2.05, 4.69) is 9.68 Å². The van der Waals surface area contributed by atoms with Crippen LogP contribution in [-0.2, 0) is 0 Å². The molecule has 0 aliphatic heterocycles. The monoisotopic (exact) mass is 203 g/mol. The topological polar surface area (TPSA) is 52.3 Å². The number of rotatable bonds is 2. The van der Waals surface area contributed by atoms with Gasteiger partial charge in [-0.25, -0.2) is 4.79 Å². The molecule has 1 aromatic heterocycles. The van der Waals surface area contributed by atoms with Gasteiger partial charge in [-0.2, -0.15) is 0 Å². The fraction of sp³-hybridized carbons (Fsp3) is 0.0909. The van der Waals surface area contributed by atoms with E-state index in [1.54, 1.807) is 12.1 Å². The van der Waals surface area contributed by atoms with E-state index in [4.69, 9.17) is 4.74 Å². The van der Waals surface area contributed by atoms with Crippen LogP contribution in [0.2, 0.25) is 0 Å². The number of hydrogen-bond acceptors (Lipinski definition) is 4. The van der Waals surface area contributed by atoms with Crippen molar-refractivity contribution in [3.05, 3.63) is 47.9 Å². The Kier molecular flexibility index (Phi) is 2.49. The van der Waals surface area contributed by atoms with E-state index in [1.165, 1.54) is 12.5 Å². The van der Waals surface area contributed by atoms with Crippen molar-refractivity contribution >= 4 is 5.97 Å². The van der Waals surface area contributed by atoms with Gasteiger partial charge in [0.25, 0.3) is 0 Å². The van der Waals surface area contributed by atoms with Crippen LogP contribution >= 0.6 is 0 Å². The third-order valence-electron chi connectivity index (χ3n) is 1.87. The maximum Gasteiger partial charge on any atom is 0.348 e. The van der Waals surface area contributed by atoms with E-state index in [0.717, 1.165) is 5.56 Å². The molecule has 2 aromatic rings. The van der Waals surface area contributed by atoms with Crippen molar-refractivity contribution in [2.24, 2.45) is 0 Å². The minimum atomic E-state index is -0.471. The summed E-state index contributed by atoms with van der Waals surface area (Å²) in [6.07, 6.45) is 2.57. The fourth-order valence-electron chi connectivity index (χ4n) is 1.15. The molecule has 0 spiro atoms. The van der Waals surface area contributed by atoms with Crippen LogP contribution in [0.15, 0.2) is 41.2 Å². The number of carbonyl (C=O) groups excluding carboxylic acids is 1. The second-order valence-electron chi connectivity index (χ2n) is 3.12. The second-order valence-corrected chi connectivity index (χ2v) is 3.12. The lowest BCUT2D eigenvalue weighted by Gasteiger charge is -2.02. The standard InChI is InChI=1S/C11H9NO3/c1-8-3-2-4-10(5-8)15-11(13)9-6-12-14-7-9/h2-7H,1H3. The average Bonchev–Trinajstić information content (AvgIpc) is 2.70. The summed E-state index contributed by atoms with van der Waals surface area (Å²) in [6, 6.07) is 7.26. The number of nitrogens with zero attached hydrogens (tertiary/aromatic N) is 1. The summed E-state index contributed by atoms with van der Waals surface area (Å²) in [5.41, 5.74) is 1.34. The molecule has 0 fully saturated rings. The maximum absolute atomic E-state index is 11.5. The van der Waals surface area contributed by atoms with Gasteiger partial charge in [-0.05, 0) is 24.6 Å². The van der Waals surface area contributed by atoms with Crippen molar-refractivity contribution in [2.75, 3.05) is 0 Å². The smallest absolute Gasteiger partial charge is 0.348 e. The van der Waals surface area contributed by atoms with Crippen molar-refractivity contribution in [3.8, 4) is 5.75 Å². The van der Waals surface area contributed by atoms with E-state index in [9.17, 15) is 4.79 Å². The molecule has 0 saturated heterocycles. The van der Waals surface area contributed by atoms with E-state index < -0.39 is 5.97 Å². The number of carbonyl (C=O) groups is 1. The molecule has 0 radical (unpaired) electrons. The van der Waals surface area contributed by atoms with Crippen LogP contribution in [0.3, 0.4) is 0 Å². The van der Waals surface area contributed by atoms with Gasteiger partial charge in [0.05, 0.1) is 6.20 Å². The quantitative estimate of drug-likeness (QED) is 0.554. The minimum Gasteiger partial charge on any atom is -0.423 e. The van der Waals surface area contributed by atoms with Gasteiger partial charge in [0.2, 0.25) is 0 Å². The number of esters is 1. The molecule has 0 saturated carbocycles. The molecule has 76 valence electrons. The number of hydrogen-bond donors (Lipinski definition) is 0. The Hall–Kier alpha value is -2.10. The second kappa shape index (κ2) is 3.96. The third kappa shape index (κ3) is 2.22. The fourth-order valence-corrected chi connectivity index (χ4v) is 1.15. The lowest BCUT2D eigenvalue weighted by atomic mass is 10.2. The van der Waals surface area contributed by atoms with Crippen LogP contribution in [0.4, 0.5) is 0 Å². The highest BCUT2D eigenvalue weighted by molar-refractivity contribution is 5.90.